The molecule has 19 heavy (non-hydrogen) atoms. The van der Waals surface area contributed by atoms with Crippen LogP contribution < -0.4 is 0 Å². The SMILES string of the molecule is CCCCCCCCC(Br)CC(F)(F)C(=O)OCC. The molecule has 1 atom stereocenters. The van der Waals surface area contributed by atoms with E-state index in [0.29, 0.717) is 6.42 Å². The first-order valence-electron chi connectivity index (χ1n) is 7.13. The van der Waals surface area contributed by atoms with Gasteiger partial charge >= 0.3 is 11.9 Å². The highest BCUT2D eigenvalue weighted by Crippen LogP contribution is 2.28. The zero-order valence-corrected chi connectivity index (χ0v) is 13.5. The van der Waals surface area contributed by atoms with Crippen LogP contribution in [0.4, 0.5) is 8.78 Å². The molecule has 0 aliphatic heterocycles. The molecule has 0 amide bonds. The van der Waals surface area contributed by atoms with Crippen molar-refractivity contribution < 1.29 is 18.3 Å². The standard InChI is InChI=1S/C14H25BrF2O2/c1-3-5-6-7-8-9-10-12(15)11-14(16,17)13(18)19-4-2/h12H,3-11H2,1-2H3. The largest absolute Gasteiger partial charge is 0.462 e. The van der Waals surface area contributed by atoms with Gasteiger partial charge in [0, 0.05) is 11.2 Å². The van der Waals surface area contributed by atoms with Crippen LogP contribution in [0.1, 0.15) is 65.2 Å². The lowest BCUT2D eigenvalue weighted by Crippen LogP contribution is -2.33. The summed E-state index contributed by atoms with van der Waals surface area (Å²) in [5.41, 5.74) is 0. The van der Waals surface area contributed by atoms with Gasteiger partial charge in [-0.2, -0.15) is 8.78 Å². The fourth-order valence-electron chi connectivity index (χ4n) is 1.85. The van der Waals surface area contributed by atoms with E-state index < -0.39 is 18.3 Å². The maximum atomic E-state index is 13.4. The van der Waals surface area contributed by atoms with E-state index in [2.05, 4.69) is 27.6 Å². The van der Waals surface area contributed by atoms with Gasteiger partial charge in [-0.25, -0.2) is 4.79 Å². The van der Waals surface area contributed by atoms with Gasteiger partial charge in [0.15, 0.2) is 0 Å². The summed E-state index contributed by atoms with van der Waals surface area (Å²) in [7, 11) is 0. The normalized spacial score (nSPS) is 13.3. The third kappa shape index (κ3) is 9.36. The lowest BCUT2D eigenvalue weighted by Gasteiger charge is -2.17. The quantitative estimate of drug-likeness (QED) is 0.297. The summed E-state index contributed by atoms with van der Waals surface area (Å²) in [6, 6.07) is 0. The van der Waals surface area contributed by atoms with Crippen LogP contribution in [0.2, 0.25) is 0 Å². The highest BCUT2D eigenvalue weighted by molar-refractivity contribution is 9.09. The van der Waals surface area contributed by atoms with Crippen molar-refractivity contribution in [2.24, 2.45) is 0 Å². The van der Waals surface area contributed by atoms with E-state index in [0.717, 1.165) is 19.3 Å². The molecule has 0 saturated carbocycles. The van der Waals surface area contributed by atoms with E-state index in [9.17, 15) is 13.6 Å². The molecule has 0 N–H and O–H groups in total. The van der Waals surface area contributed by atoms with Gasteiger partial charge in [-0.1, -0.05) is 61.4 Å². The number of rotatable bonds is 11. The lowest BCUT2D eigenvalue weighted by atomic mass is 10.1. The topological polar surface area (TPSA) is 26.3 Å². The molecule has 2 nitrogen and oxygen atoms in total. The third-order valence-electron chi connectivity index (χ3n) is 2.92. The van der Waals surface area contributed by atoms with Gasteiger partial charge in [-0.15, -0.1) is 0 Å². The summed E-state index contributed by atoms with van der Waals surface area (Å²) in [6.07, 6.45) is 6.96. The van der Waals surface area contributed by atoms with Crippen LogP contribution in [-0.2, 0) is 9.53 Å². The van der Waals surface area contributed by atoms with E-state index >= 15 is 0 Å². The zero-order chi connectivity index (χ0) is 14.7. The highest BCUT2D eigenvalue weighted by Gasteiger charge is 2.41. The maximum absolute atomic E-state index is 13.4. The van der Waals surface area contributed by atoms with Crippen molar-refractivity contribution in [2.45, 2.75) is 76.0 Å². The number of alkyl halides is 3. The predicted octanol–water partition coefficient (Wildman–Crippen LogP) is 5.09. The third-order valence-corrected chi connectivity index (χ3v) is 3.70. The number of carbonyl (C=O) groups is 1. The number of halogens is 3. The summed E-state index contributed by atoms with van der Waals surface area (Å²) in [6.45, 7) is 3.67. The summed E-state index contributed by atoms with van der Waals surface area (Å²) in [4.78, 5) is 10.7. The van der Waals surface area contributed by atoms with Crippen LogP contribution >= 0.6 is 15.9 Å². The van der Waals surface area contributed by atoms with Crippen molar-refractivity contribution in [1.29, 1.82) is 0 Å². The van der Waals surface area contributed by atoms with E-state index in [-0.39, 0.29) is 11.4 Å². The lowest BCUT2D eigenvalue weighted by molar-refractivity contribution is -0.172. The second-order valence-electron chi connectivity index (χ2n) is 4.78. The van der Waals surface area contributed by atoms with E-state index in [1.54, 1.807) is 0 Å². The van der Waals surface area contributed by atoms with Gasteiger partial charge < -0.3 is 4.74 Å². The molecular weight excluding hydrogens is 318 g/mol. The Labute approximate surface area is 123 Å². The molecule has 5 heteroatoms. The number of esters is 1. The van der Waals surface area contributed by atoms with Crippen LogP contribution in [0.5, 0.6) is 0 Å². The summed E-state index contributed by atoms with van der Waals surface area (Å²) in [5.74, 6) is -4.80. The molecule has 1 unspecified atom stereocenters. The van der Waals surface area contributed by atoms with Crippen molar-refractivity contribution >= 4 is 21.9 Å². The van der Waals surface area contributed by atoms with Crippen LogP contribution in [0.25, 0.3) is 0 Å². The van der Waals surface area contributed by atoms with Gasteiger partial charge in [-0.3, -0.25) is 0 Å². The van der Waals surface area contributed by atoms with Gasteiger partial charge in [0.1, 0.15) is 0 Å². The summed E-state index contributed by atoms with van der Waals surface area (Å²) < 4.78 is 31.2. The minimum Gasteiger partial charge on any atom is -0.462 e. The Kier molecular flexibility index (Phi) is 10.5. The maximum Gasteiger partial charge on any atom is 0.377 e. The van der Waals surface area contributed by atoms with Crippen molar-refractivity contribution in [3.63, 3.8) is 0 Å². The smallest absolute Gasteiger partial charge is 0.377 e. The molecule has 114 valence electrons. The molecule has 0 bridgehead atoms. The molecule has 0 aromatic rings. The van der Waals surface area contributed by atoms with E-state index in [1.165, 1.54) is 26.2 Å². The Balaban J connectivity index is 3.77. The van der Waals surface area contributed by atoms with Crippen molar-refractivity contribution in [3.05, 3.63) is 0 Å². The van der Waals surface area contributed by atoms with E-state index in [1.807, 2.05) is 0 Å². The van der Waals surface area contributed by atoms with Gasteiger partial charge in [-0.05, 0) is 13.3 Å². The molecular formula is C14H25BrF2O2. The highest BCUT2D eigenvalue weighted by atomic mass is 79.9. The second-order valence-corrected chi connectivity index (χ2v) is 6.08. The molecule has 0 aliphatic rings. The predicted molar refractivity (Wildman–Crippen MR) is 76.9 cm³/mol. The minimum atomic E-state index is -3.38. The fraction of sp³-hybridized carbons (Fsp3) is 0.929. The first-order chi connectivity index (χ1) is 8.94. The molecule has 0 fully saturated rings. The number of ether oxygens (including phenoxy) is 1. The molecule has 0 radical (unpaired) electrons. The molecule has 0 aromatic carbocycles. The van der Waals surface area contributed by atoms with Crippen molar-refractivity contribution in [3.8, 4) is 0 Å². The first-order valence-corrected chi connectivity index (χ1v) is 8.04. The minimum absolute atomic E-state index is 0.0151. The number of unbranched alkanes of at least 4 members (excludes halogenated alkanes) is 5. The average molecular weight is 343 g/mol. The van der Waals surface area contributed by atoms with Gasteiger partial charge in [0.2, 0.25) is 0 Å². The molecule has 0 heterocycles. The molecule has 0 rings (SSSR count). The Morgan fingerprint density at radius 3 is 2.32 bits per heavy atom. The van der Waals surface area contributed by atoms with Crippen molar-refractivity contribution in [1.82, 2.24) is 0 Å². The van der Waals surface area contributed by atoms with Gasteiger partial charge in [0.25, 0.3) is 0 Å². The number of hydrogen-bond acceptors (Lipinski definition) is 2. The number of carbonyl (C=O) groups excluding carboxylic acids is 1. The summed E-state index contributed by atoms with van der Waals surface area (Å²) >= 11 is 3.23. The Morgan fingerprint density at radius 2 is 1.74 bits per heavy atom. The fourth-order valence-corrected chi connectivity index (χ4v) is 2.58. The number of hydrogen-bond donors (Lipinski definition) is 0. The van der Waals surface area contributed by atoms with Crippen LogP contribution in [0.15, 0.2) is 0 Å². The van der Waals surface area contributed by atoms with Gasteiger partial charge in [0.05, 0.1) is 6.61 Å². The Hall–Kier alpha value is -0.190. The van der Waals surface area contributed by atoms with Crippen LogP contribution in [0, 0.1) is 0 Å². The Bertz CT molecular complexity index is 248. The molecule has 0 aromatic heterocycles. The van der Waals surface area contributed by atoms with Crippen molar-refractivity contribution in [2.75, 3.05) is 6.61 Å². The summed E-state index contributed by atoms with van der Waals surface area (Å²) in [5, 5.41) is 0. The monoisotopic (exact) mass is 342 g/mol. The first kappa shape index (κ1) is 18.8. The molecule has 0 spiro atoms. The average Bonchev–Trinajstić information content (AvgIpc) is 2.33. The molecule has 0 saturated heterocycles. The van der Waals surface area contributed by atoms with E-state index in [4.69, 9.17) is 0 Å². The molecule has 0 aliphatic carbocycles. The van der Waals surface area contributed by atoms with Crippen LogP contribution in [0.3, 0.4) is 0 Å². The van der Waals surface area contributed by atoms with Crippen LogP contribution in [-0.4, -0.2) is 23.3 Å². The Morgan fingerprint density at radius 1 is 1.16 bits per heavy atom. The second kappa shape index (κ2) is 10.6. The zero-order valence-electron chi connectivity index (χ0n) is 11.9.